The molecule has 0 aromatic heterocycles. The van der Waals surface area contributed by atoms with E-state index in [1.54, 1.807) is 12.1 Å². The second kappa shape index (κ2) is 9.47. The van der Waals surface area contributed by atoms with E-state index >= 15 is 0 Å². The van der Waals surface area contributed by atoms with Crippen LogP contribution >= 0.6 is 0 Å². The Morgan fingerprint density at radius 1 is 1.08 bits per heavy atom. The van der Waals surface area contributed by atoms with Crippen LogP contribution in [0.3, 0.4) is 0 Å². The topological polar surface area (TPSA) is 75.6 Å². The molecule has 0 atom stereocenters. The monoisotopic (exact) mass is 341 g/mol. The summed E-state index contributed by atoms with van der Waals surface area (Å²) in [5.41, 5.74) is 2.09. The fourth-order valence-corrected chi connectivity index (χ4v) is 2.34. The fraction of sp³-hybridized carbons (Fsp3) is 0.300. The summed E-state index contributed by atoms with van der Waals surface area (Å²) in [6.07, 6.45) is 1.86. The number of unbranched alkanes of at least 4 members (excludes halogenated alkanes) is 1. The number of aryl methyl sites for hydroxylation is 1. The molecule has 0 bridgehead atoms. The average Bonchev–Trinajstić information content (AvgIpc) is 2.59. The van der Waals surface area contributed by atoms with Gasteiger partial charge in [0, 0.05) is 6.54 Å². The van der Waals surface area contributed by atoms with Crippen LogP contribution in [-0.4, -0.2) is 30.1 Å². The Morgan fingerprint density at radius 2 is 1.84 bits per heavy atom. The minimum Gasteiger partial charge on any atom is -0.494 e. The van der Waals surface area contributed by atoms with Gasteiger partial charge in [0.1, 0.15) is 5.75 Å². The van der Waals surface area contributed by atoms with Gasteiger partial charge in [-0.2, -0.15) is 0 Å². The van der Waals surface area contributed by atoms with Gasteiger partial charge in [-0.3, -0.25) is 4.79 Å². The van der Waals surface area contributed by atoms with E-state index < -0.39 is 5.97 Å². The van der Waals surface area contributed by atoms with Crippen molar-refractivity contribution in [2.24, 2.45) is 0 Å². The highest BCUT2D eigenvalue weighted by Crippen LogP contribution is 2.11. The van der Waals surface area contributed by atoms with Crippen LogP contribution in [0.4, 0.5) is 0 Å². The van der Waals surface area contributed by atoms with Gasteiger partial charge in [0.15, 0.2) is 0 Å². The van der Waals surface area contributed by atoms with E-state index in [-0.39, 0.29) is 17.9 Å². The van der Waals surface area contributed by atoms with Crippen LogP contribution in [0.5, 0.6) is 5.75 Å². The molecule has 5 heteroatoms. The number of benzene rings is 2. The summed E-state index contributed by atoms with van der Waals surface area (Å²) in [6.45, 7) is 3.22. The number of hydrogen-bond acceptors (Lipinski definition) is 3. The van der Waals surface area contributed by atoms with Crippen LogP contribution in [0.25, 0.3) is 0 Å². The molecule has 2 rings (SSSR count). The van der Waals surface area contributed by atoms with Gasteiger partial charge in [0.2, 0.25) is 5.91 Å². The predicted molar refractivity (Wildman–Crippen MR) is 96.0 cm³/mol. The summed E-state index contributed by atoms with van der Waals surface area (Å²) in [5.74, 6) is -0.245. The van der Waals surface area contributed by atoms with Gasteiger partial charge in [-0.15, -0.1) is 0 Å². The first-order chi connectivity index (χ1) is 12.0. The smallest absolute Gasteiger partial charge is 0.335 e. The highest BCUT2D eigenvalue weighted by molar-refractivity contribution is 5.88. The molecule has 2 aromatic carbocycles. The maximum atomic E-state index is 11.9. The molecule has 0 saturated carbocycles. The number of amides is 1. The van der Waals surface area contributed by atoms with Crippen molar-refractivity contribution in [2.45, 2.75) is 26.2 Å². The summed E-state index contributed by atoms with van der Waals surface area (Å²) in [7, 11) is 0. The Hall–Kier alpha value is -2.82. The van der Waals surface area contributed by atoms with Gasteiger partial charge >= 0.3 is 5.97 Å². The Morgan fingerprint density at radius 3 is 2.56 bits per heavy atom. The lowest BCUT2D eigenvalue weighted by Gasteiger charge is -2.08. The lowest BCUT2D eigenvalue weighted by molar-refractivity contribution is -0.120. The molecule has 5 nitrogen and oxygen atoms in total. The zero-order chi connectivity index (χ0) is 18.1. The van der Waals surface area contributed by atoms with Gasteiger partial charge < -0.3 is 15.2 Å². The maximum absolute atomic E-state index is 11.9. The third-order valence-electron chi connectivity index (χ3n) is 3.72. The molecular formula is C20H23NO4. The van der Waals surface area contributed by atoms with E-state index in [0.717, 1.165) is 18.6 Å². The number of nitrogens with one attached hydrogen (secondary N) is 1. The van der Waals surface area contributed by atoms with E-state index in [4.69, 9.17) is 9.84 Å². The molecule has 0 fully saturated rings. The summed E-state index contributed by atoms with van der Waals surface area (Å²) in [5, 5.41) is 11.8. The first kappa shape index (κ1) is 18.5. The van der Waals surface area contributed by atoms with Crippen molar-refractivity contribution in [3.63, 3.8) is 0 Å². The van der Waals surface area contributed by atoms with E-state index in [2.05, 4.69) is 5.32 Å². The molecule has 25 heavy (non-hydrogen) atoms. The second-order valence-electron chi connectivity index (χ2n) is 5.90. The van der Waals surface area contributed by atoms with Crippen LogP contribution in [-0.2, 0) is 11.2 Å². The second-order valence-corrected chi connectivity index (χ2v) is 5.90. The van der Waals surface area contributed by atoms with E-state index in [1.807, 2.05) is 31.2 Å². The first-order valence-corrected chi connectivity index (χ1v) is 8.33. The van der Waals surface area contributed by atoms with Gasteiger partial charge in [-0.1, -0.05) is 29.8 Å². The molecule has 0 aliphatic heterocycles. The predicted octanol–water partition coefficient (Wildman–Crippen LogP) is 3.21. The van der Waals surface area contributed by atoms with Crippen molar-refractivity contribution in [1.29, 1.82) is 0 Å². The molecule has 0 aliphatic carbocycles. The highest BCUT2D eigenvalue weighted by atomic mass is 16.5. The molecule has 1 amide bonds. The number of ether oxygens (including phenoxy) is 1. The Labute approximate surface area is 147 Å². The number of carboxylic acids is 1. The minimum atomic E-state index is -0.990. The first-order valence-electron chi connectivity index (χ1n) is 8.33. The van der Waals surface area contributed by atoms with Crippen LogP contribution < -0.4 is 10.1 Å². The van der Waals surface area contributed by atoms with Crippen LogP contribution in [0.15, 0.2) is 48.5 Å². The number of carbonyl (C=O) groups excluding carboxylic acids is 1. The Kier molecular flexibility index (Phi) is 7.01. The van der Waals surface area contributed by atoms with Crippen molar-refractivity contribution in [3.05, 3.63) is 65.2 Å². The van der Waals surface area contributed by atoms with Crippen LogP contribution in [0.1, 0.15) is 34.3 Å². The van der Waals surface area contributed by atoms with Gasteiger partial charge in [-0.25, -0.2) is 4.79 Å². The lowest BCUT2D eigenvalue weighted by atomic mass is 10.1. The molecule has 2 N–H and O–H groups in total. The molecule has 0 heterocycles. The average molecular weight is 341 g/mol. The standard InChI is InChI=1S/C20H23NO4/c1-15-7-9-18(10-8-15)25-12-3-2-11-21-19(22)14-16-5-4-6-17(13-16)20(23)24/h4-10,13H,2-3,11-12,14H2,1H3,(H,21,22)(H,23,24). The molecule has 0 radical (unpaired) electrons. The minimum absolute atomic E-state index is 0.109. The molecule has 0 aliphatic rings. The largest absolute Gasteiger partial charge is 0.494 e. The van der Waals surface area contributed by atoms with Crippen LogP contribution in [0, 0.1) is 6.92 Å². The zero-order valence-corrected chi connectivity index (χ0v) is 14.3. The number of aromatic carboxylic acids is 1. The van der Waals surface area contributed by atoms with Gasteiger partial charge in [0.05, 0.1) is 18.6 Å². The number of hydrogen-bond donors (Lipinski definition) is 2. The Balaban J connectivity index is 1.61. The molecule has 132 valence electrons. The number of carbonyl (C=O) groups is 2. The SMILES string of the molecule is Cc1ccc(OCCCCNC(=O)Cc2cccc(C(=O)O)c2)cc1. The molecular weight excluding hydrogens is 318 g/mol. The summed E-state index contributed by atoms with van der Waals surface area (Å²) >= 11 is 0. The van der Waals surface area contributed by atoms with E-state index in [0.29, 0.717) is 18.7 Å². The normalized spacial score (nSPS) is 10.3. The third-order valence-corrected chi connectivity index (χ3v) is 3.72. The van der Waals surface area contributed by atoms with Crippen molar-refractivity contribution in [2.75, 3.05) is 13.2 Å². The molecule has 0 spiro atoms. The summed E-state index contributed by atoms with van der Waals surface area (Å²) in [4.78, 5) is 22.8. The van der Waals surface area contributed by atoms with E-state index in [9.17, 15) is 9.59 Å². The quantitative estimate of drug-likeness (QED) is 0.687. The highest BCUT2D eigenvalue weighted by Gasteiger charge is 2.06. The summed E-state index contributed by atoms with van der Waals surface area (Å²) in [6, 6.07) is 14.3. The number of carboxylic acid groups (broad SMARTS) is 1. The fourth-order valence-electron chi connectivity index (χ4n) is 2.34. The molecule has 0 saturated heterocycles. The Bertz CT molecular complexity index is 710. The van der Waals surface area contributed by atoms with Crippen molar-refractivity contribution in [1.82, 2.24) is 5.32 Å². The van der Waals surface area contributed by atoms with Gasteiger partial charge in [-0.05, 0) is 49.6 Å². The molecule has 2 aromatic rings. The molecule has 0 unspecified atom stereocenters. The summed E-state index contributed by atoms with van der Waals surface area (Å²) < 4.78 is 5.63. The van der Waals surface area contributed by atoms with Gasteiger partial charge in [0.25, 0.3) is 0 Å². The number of rotatable bonds is 9. The third kappa shape index (κ3) is 6.67. The van der Waals surface area contributed by atoms with Crippen molar-refractivity contribution in [3.8, 4) is 5.75 Å². The zero-order valence-electron chi connectivity index (χ0n) is 14.3. The lowest BCUT2D eigenvalue weighted by Crippen LogP contribution is -2.26. The van der Waals surface area contributed by atoms with Crippen molar-refractivity contribution >= 4 is 11.9 Å². The maximum Gasteiger partial charge on any atom is 0.335 e. The van der Waals surface area contributed by atoms with Crippen molar-refractivity contribution < 1.29 is 19.4 Å². The van der Waals surface area contributed by atoms with E-state index in [1.165, 1.54) is 17.7 Å². The van der Waals surface area contributed by atoms with Crippen LogP contribution in [0.2, 0.25) is 0 Å².